The molecule has 1 saturated heterocycles. The van der Waals surface area contributed by atoms with Gasteiger partial charge in [0.2, 0.25) is 0 Å². The van der Waals surface area contributed by atoms with Gasteiger partial charge in [-0.25, -0.2) is 0 Å². The molecule has 1 N–H and O–H groups in total. The zero-order valence-electron chi connectivity index (χ0n) is 15.2. The number of hydrogen-bond acceptors (Lipinski definition) is 5. The molecule has 6 nitrogen and oxygen atoms in total. The van der Waals surface area contributed by atoms with Crippen LogP contribution in [0.25, 0.3) is 0 Å². The Bertz CT molecular complexity index is 684. The number of aryl methyl sites for hydroxylation is 2. The maximum absolute atomic E-state index is 10.5. The lowest BCUT2D eigenvalue weighted by molar-refractivity contribution is -0.0488. The summed E-state index contributed by atoms with van der Waals surface area (Å²) in [5.41, 5.74) is 3.08. The number of β-amino-alcohol motifs (C(OH)–C–C–N with tert-alkyl or cyclic N) is 1. The predicted molar refractivity (Wildman–Crippen MR) is 95.8 cm³/mol. The Morgan fingerprint density at radius 1 is 1.32 bits per heavy atom. The van der Waals surface area contributed by atoms with E-state index in [0.29, 0.717) is 13.2 Å². The molecule has 0 saturated carbocycles. The van der Waals surface area contributed by atoms with Crippen LogP contribution >= 0.6 is 0 Å². The quantitative estimate of drug-likeness (QED) is 0.867. The second-order valence-corrected chi connectivity index (χ2v) is 6.65. The van der Waals surface area contributed by atoms with Crippen molar-refractivity contribution < 1.29 is 14.6 Å². The summed E-state index contributed by atoms with van der Waals surface area (Å²) in [6.45, 7) is 7.72. The standard InChI is InChI=1S/C19H27N3O3/c1-14-10-15(2)22(20-14)12-18-11-21(8-9-25-18)13-19(23)16-4-6-17(24-3)7-5-16/h4-7,10,18-19,23H,8-9,11-13H2,1-3H3/t18-,19+/m1/s1. The molecule has 0 aliphatic carbocycles. The molecule has 6 heteroatoms. The molecule has 0 bridgehead atoms. The van der Waals surface area contributed by atoms with Crippen LogP contribution in [0.2, 0.25) is 0 Å². The van der Waals surface area contributed by atoms with E-state index in [1.165, 1.54) is 0 Å². The van der Waals surface area contributed by atoms with Crippen LogP contribution in [0.1, 0.15) is 23.1 Å². The van der Waals surface area contributed by atoms with Gasteiger partial charge in [-0.3, -0.25) is 9.58 Å². The summed E-state index contributed by atoms with van der Waals surface area (Å²) in [6.07, 6.45) is -0.423. The first-order valence-corrected chi connectivity index (χ1v) is 8.72. The number of nitrogens with zero attached hydrogens (tertiary/aromatic N) is 3. The molecule has 0 unspecified atom stereocenters. The lowest BCUT2D eigenvalue weighted by Crippen LogP contribution is -2.45. The van der Waals surface area contributed by atoms with Crippen LogP contribution in [-0.2, 0) is 11.3 Å². The van der Waals surface area contributed by atoms with Crippen molar-refractivity contribution in [2.45, 2.75) is 32.6 Å². The second-order valence-electron chi connectivity index (χ2n) is 6.65. The summed E-state index contributed by atoms with van der Waals surface area (Å²) in [6, 6.07) is 9.66. The van der Waals surface area contributed by atoms with E-state index in [4.69, 9.17) is 9.47 Å². The molecule has 1 aromatic heterocycles. The van der Waals surface area contributed by atoms with Crippen LogP contribution in [0, 0.1) is 13.8 Å². The summed E-state index contributed by atoms with van der Waals surface area (Å²) in [5.74, 6) is 0.798. The van der Waals surface area contributed by atoms with Gasteiger partial charge in [0.25, 0.3) is 0 Å². The van der Waals surface area contributed by atoms with E-state index in [-0.39, 0.29) is 6.10 Å². The van der Waals surface area contributed by atoms with Gasteiger partial charge in [-0.2, -0.15) is 5.10 Å². The predicted octanol–water partition coefficient (Wildman–Crippen LogP) is 1.94. The molecule has 25 heavy (non-hydrogen) atoms. The Kier molecular flexibility index (Phi) is 5.73. The highest BCUT2D eigenvalue weighted by Crippen LogP contribution is 2.20. The Morgan fingerprint density at radius 3 is 2.72 bits per heavy atom. The number of ether oxygens (including phenoxy) is 2. The molecule has 2 atom stereocenters. The maximum atomic E-state index is 10.5. The Labute approximate surface area is 149 Å². The van der Waals surface area contributed by atoms with E-state index in [2.05, 4.69) is 23.0 Å². The van der Waals surface area contributed by atoms with Crippen LogP contribution < -0.4 is 4.74 Å². The van der Waals surface area contributed by atoms with Crippen molar-refractivity contribution >= 4 is 0 Å². The van der Waals surface area contributed by atoms with Gasteiger partial charge in [-0.05, 0) is 37.6 Å². The Balaban J connectivity index is 1.56. The molecule has 2 aromatic rings. The van der Waals surface area contributed by atoms with Crippen LogP contribution in [0.3, 0.4) is 0 Å². The van der Waals surface area contributed by atoms with Crippen molar-refractivity contribution in [3.05, 3.63) is 47.3 Å². The fourth-order valence-corrected chi connectivity index (χ4v) is 3.29. The van der Waals surface area contributed by atoms with E-state index >= 15 is 0 Å². The molecular weight excluding hydrogens is 318 g/mol. The average molecular weight is 345 g/mol. The molecule has 136 valence electrons. The average Bonchev–Trinajstić information content (AvgIpc) is 2.92. The van der Waals surface area contributed by atoms with Gasteiger partial charge in [-0.15, -0.1) is 0 Å². The van der Waals surface area contributed by atoms with Crippen molar-refractivity contribution in [1.29, 1.82) is 0 Å². The number of benzene rings is 1. The van der Waals surface area contributed by atoms with Crippen LogP contribution in [0.5, 0.6) is 5.75 Å². The van der Waals surface area contributed by atoms with Gasteiger partial charge in [0, 0.05) is 25.3 Å². The molecule has 1 aromatic carbocycles. The molecule has 2 heterocycles. The third kappa shape index (κ3) is 4.60. The van der Waals surface area contributed by atoms with Gasteiger partial charge in [0.1, 0.15) is 5.75 Å². The summed E-state index contributed by atoms with van der Waals surface area (Å²) >= 11 is 0. The van der Waals surface area contributed by atoms with Crippen LogP contribution in [-0.4, -0.2) is 59.2 Å². The first-order valence-electron chi connectivity index (χ1n) is 8.72. The zero-order chi connectivity index (χ0) is 17.8. The highest BCUT2D eigenvalue weighted by atomic mass is 16.5. The van der Waals surface area contributed by atoms with E-state index in [0.717, 1.165) is 42.3 Å². The van der Waals surface area contributed by atoms with Gasteiger partial charge in [0.15, 0.2) is 0 Å². The molecule has 3 rings (SSSR count). The molecule has 1 aliphatic rings. The number of aromatic nitrogens is 2. The topological polar surface area (TPSA) is 59.8 Å². The minimum atomic E-state index is -0.515. The molecule has 1 fully saturated rings. The zero-order valence-corrected chi connectivity index (χ0v) is 15.2. The third-order valence-electron chi connectivity index (χ3n) is 4.63. The second kappa shape index (κ2) is 7.99. The van der Waals surface area contributed by atoms with E-state index in [9.17, 15) is 5.11 Å². The van der Waals surface area contributed by atoms with Crippen molar-refractivity contribution in [3.8, 4) is 5.75 Å². The normalized spacial score (nSPS) is 19.8. The maximum Gasteiger partial charge on any atom is 0.118 e. The number of hydrogen-bond donors (Lipinski definition) is 1. The van der Waals surface area contributed by atoms with Crippen molar-refractivity contribution in [2.24, 2.45) is 0 Å². The fourth-order valence-electron chi connectivity index (χ4n) is 3.29. The monoisotopic (exact) mass is 345 g/mol. The summed E-state index contributed by atoms with van der Waals surface area (Å²) in [7, 11) is 1.64. The van der Waals surface area contributed by atoms with Crippen molar-refractivity contribution in [2.75, 3.05) is 33.4 Å². The van der Waals surface area contributed by atoms with E-state index in [1.54, 1.807) is 7.11 Å². The van der Waals surface area contributed by atoms with Gasteiger partial charge >= 0.3 is 0 Å². The van der Waals surface area contributed by atoms with Crippen molar-refractivity contribution in [1.82, 2.24) is 14.7 Å². The summed E-state index contributed by atoms with van der Waals surface area (Å²) < 4.78 is 13.1. The molecule has 0 spiro atoms. The molecule has 0 radical (unpaired) electrons. The van der Waals surface area contributed by atoms with Crippen molar-refractivity contribution in [3.63, 3.8) is 0 Å². The largest absolute Gasteiger partial charge is 0.497 e. The van der Waals surface area contributed by atoms with Gasteiger partial charge < -0.3 is 14.6 Å². The van der Waals surface area contributed by atoms with Crippen LogP contribution in [0.4, 0.5) is 0 Å². The molecule has 1 aliphatic heterocycles. The summed E-state index contributed by atoms with van der Waals surface area (Å²) in [5, 5.41) is 15.0. The Hall–Kier alpha value is -1.89. The van der Waals surface area contributed by atoms with E-state index in [1.807, 2.05) is 35.9 Å². The fraction of sp³-hybridized carbons (Fsp3) is 0.526. The first-order chi connectivity index (χ1) is 12.0. The van der Waals surface area contributed by atoms with Crippen LogP contribution in [0.15, 0.2) is 30.3 Å². The number of aliphatic hydroxyl groups excluding tert-OH is 1. The minimum Gasteiger partial charge on any atom is -0.497 e. The SMILES string of the molecule is COc1ccc([C@@H](O)CN2CCO[C@@H](Cn3nc(C)cc3C)C2)cc1. The van der Waals surface area contributed by atoms with Gasteiger partial charge in [-0.1, -0.05) is 12.1 Å². The first kappa shape index (κ1) is 17.9. The number of aliphatic hydroxyl groups is 1. The number of methoxy groups -OCH3 is 1. The highest BCUT2D eigenvalue weighted by molar-refractivity contribution is 5.28. The lowest BCUT2D eigenvalue weighted by atomic mass is 10.1. The number of morpholine rings is 1. The van der Waals surface area contributed by atoms with Gasteiger partial charge in [0.05, 0.1) is 38.2 Å². The third-order valence-corrected chi connectivity index (χ3v) is 4.63. The number of rotatable bonds is 6. The Morgan fingerprint density at radius 2 is 2.08 bits per heavy atom. The lowest BCUT2D eigenvalue weighted by Gasteiger charge is -2.34. The van der Waals surface area contributed by atoms with E-state index < -0.39 is 6.10 Å². The highest BCUT2D eigenvalue weighted by Gasteiger charge is 2.24. The summed E-state index contributed by atoms with van der Waals surface area (Å²) in [4.78, 5) is 2.26. The molecular formula is C19H27N3O3. The smallest absolute Gasteiger partial charge is 0.118 e. The minimum absolute atomic E-state index is 0.0924. The molecule has 0 amide bonds.